The third-order valence-corrected chi connectivity index (χ3v) is 6.17. The Morgan fingerprint density at radius 1 is 1.20 bits per heavy atom. The van der Waals surface area contributed by atoms with E-state index in [0.29, 0.717) is 13.1 Å². The predicted octanol–water partition coefficient (Wildman–Crippen LogP) is 2.47. The molecule has 1 amide bonds. The molecule has 3 fully saturated rings. The SMILES string of the molecule is O=C1COC2(CCN(CC3CCCC3)CC2)CN1Cc1ccccn1. The standard InChI is InChI=1S/C20H29N3O2/c24-19-15-25-20(16-23(19)14-18-7-3-4-10-21-18)8-11-22(12-9-20)13-17-5-1-2-6-17/h3-4,7,10,17H,1-2,5-6,8-9,11-16H2. The summed E-state index contributed by atoms with van der Waals surface area (Å²) in [5, 5.41) is 0. The second kappa shape index (κ2) is 7.42. The summed E-state index contributed by atoms with van der Waals surface area (Å²) in [7, 11) is 0. The topological polar surface area (TPSA) is 45.7 Å². The molecule has 25 heavy (non-hydrogen) atoms. The fraction of sp³-hybridized carbons (Fsp3) is 0.700. The molecular formula is C20H29N3O2. The Morgan fingerprint density at radius 2 is 2.00 bits per heavy atom. The van der Waals surface area contributed by atoms with E-state index >= 15 is 0 Å². The molecule has 2 saturated heterocycles. The van der Waals surface area contributed by atoms with E-state index in [9.17, 15) is 4.79 Å². The van der Waals surface area contributed by atoms with Crippen LogP contribution in [0.3, 0.4) is 0 Å². The van der Waals surface area contributed by atoms with Gasteiger partial charge in [0.25, 0.3) is 0 Å². The highest BCUT2D eigenvalue weighted by molar-refractivity contribution is 5.78. The van der Waals surface area contributed by atoms with Gasteiger partial charge in [-0.2, -0.15) is 0 Å². The van der Waals surface area contributed by atoms with Crippen molar-refractivity contribution in [2.75, 3.05) is 32.8 Å². The molecule has 5 heteroatoms. The number of hydrogen-bond donors (Lipinski definition) is 0. The summed E-state index contributed by atoms with van der Waals surface area (Å²) in [6.07, 6.45) is 9.50. The summed E-state index contributed by atoms with van der Waals surface area (Å²) in [6.45, 7) is 4.97. The number of hydrogen-bond acceptors (Lipinski definition) is 4. The van der Waals surface area contributed by atoms with Crippen LogP contribution in [-0.2, 0) is 16.1 Å². The summed E-state index contributed by atoms with van der Waals surface area (Å²) < 4.78 is 6.07. The van der Waals surface area contributed by atoms with Gasteiger partial charge in [-0.25, -0.2) is 0 Å². The van der Waals surface area contributed by atoms with Gasteiger partial charge in [0.1, 0.15) is 6.61 Å². The molecule has 0 N–H and O–H groups in total. The lowest BCUT2D eigenvalue weighted by Gasteiger charge is -2.47. The number of carbonyl (C=O) groups is 1. The van der Waals surface area contributed by atoms with Gasteiger partial charge in [0, 0.05) is 25.8 Å². The first-order valence-electron chi connectivity index (χ1n) is 9.76. The number of piperidine rings is 1. The lowest BCUT2D eigenvalue weighted by Crippen LogP contribution is -2.58. The van der Waals surface area contributed by atoms with Crippen molar-refractivity contribution in [3.63, 3.8) is 0 Å². The molecule has 1 aromatic rings. The first-order chi connectivity index (χ1) is 12.2. The molecule has 0 unspecified atom stereocenters. The maximum atomic E-state index is 12.3. The van der Waals surface area contributed by atoms with Gasteiger partial charge in [0.05, 0.1) is 24.4 Å². The number of aromatic nitrogens is 1. The van der Waals surface area contributed by atoms with Crippen molar-refractivity contribution >= 4 is 5.91 Å². The van der Waals surface area contributed by atoms with Crippen molar-refractivity contribution < 1.29 is 9.53 Å². The average Bonchev–Trinajstić information content (AvgIpc) is 3.15. The second-order valence-electron chi connectivity index (χ2n) is 7.99. The molecule has 1 spiro atoms. The van der Waals surface area contributed by atoms with E-state index in [1.165, 1.54) is 32.2 Å². The summed E-state index contributed by atoms with van der Waals surface area (Å²) in [5.41, 5.74) is 0.807. The number of morpholine rings is 1. The molecule has 136 valence electrons. The van der Waals surface area contributed by atoms with Crippen LogP contribution in [0.25, 0.3) is 0 Å². The van der Waals surface area contributed by atoms with Gasteiger partial charge in [-0.15, -0.1) is 0 Å². The fourth-order valence-electron chi connectivity index (χ4n) is 4.62. The summed E-state index contributed by atoms with van der Waals surface area (Å²) in [4.78, 5) is 21.2. The molecule has 5 nitrogen and oxygen atoms in total. The normalized spacial score (nSPS) is 25.0. The van der Waals surface area contributed by atoms with E-state index in [1.54, 1.807) is 6.20 Å². The van der Waals surface area contributed by atoms with Gasteiger partial charge in [0.2, 0.25) is 5.91 Å². The number of ether oxygens (including phenoxy) is 1. The van der Waals surface area contributed by atoms with Crippen LogP contribution in [0, 0.1) is 5.92 Å². The molecule has 4 rings (SSSR count). The van der Waals surface area contributed by atoms with E-state index in [2.05, 4.69) is 9.88 Å². The Labute approximate surface area is 150 Å². The second-order valence-corrected chi connectivity index (χ2v) is 7.99. The number of carbonyl (C=O) groups excluding carboxylic acids is 1. The minimum absolute atomic E-state index is 0.0877. The Bertz CT molecular complexity index is 578. The fourth-order valence-corrected chi connectivity index (χ4v) is 4.62. The van der Waals surface area contributed by atoms with E-state index in [0.717, 1.165) is 37.5 Å². The van der Waals surface area contributed by atoms with Crippen LogP contribution in [-0.4, -0.2) is 59.1 Å². The van der Waals surface area contributed by atoms with Crippen molar-refractivity contribution in [3.8, 4) is 0 Å². The molecule has 0 radical (unpaired) electrons. The minimum Gasteiger partial charge on any atom is -0.363 e. The molecule has 0 atom stereocenters. The zero-order valence-corrected chi connectivity index (χ0v) is 15.0. The Balaban J connectivity index is 1.33. The van der Waals surface area contributed by atoms with Gasteiger partial charge in [-0.05, 0) is 43.7 Å². The lowest BCUT2D eigenvalue weighted by molar-refractivity contribution is -0.172. The number of likely N-dealkylation sites (tertiary alicyclic amines) is 1. The monoisotopic (exact) mass is 343 g/mol. The molecule has 3 aliphatic rings. The van der Waals surface area contributed by atoms with Crippen LogP contribution >= 0.6 is 0 Å². The summed E-state index contributed by atoms with van der Waals surface area (Å²) in [6, 6.07) is 5.87. The predicted molar refractivity (Wildman–Crippen MR) is 96.0 cm³/mol. The van der Waals surface area contributed by atoms with Gasteiger partial charge >= 0.3 is 0 Å². The largest absolute Gasteiger partial charge is 0.363 e. The van der Waals surface area contributed by atoms with Crippen LogP contribution < -0.4 is 0 Å². The maximum absolute atomic E-state index is 12.3. The molecule has 0 aromatic carbocycles. The molecule has 1 aromatic heterocycles. The number of rotatable bonds is 4. The Kier molecular flexibility index (Phi) is 5.04. The first kappa shape index (κ1) is 17.0. The number of nitrogens with zero attached hydrogens (tertiary/aromatic N) is 3. The lowest BCUT2D eigenvalue weighted by atomic mass is 9.88. The maximum Gasteiger partial charge on any atom is 0.249 e. The van der Waals surface area contributed by atoms with E-state index in [1.807, 2.05) is 23.1 Å². The van der Waals surface area contributed by atoms with Crippen LogP contribution in [0.15, 0.2) is 24.4 Å². The zero-order valence-electron chi connectivity index (χ0n) is 15.0. The van der Waals surface area contributed by atoms with Gasteiger partial charge in [0.15, 0.2) is 0 Å². The number of pyridine rings is 1. The van der Waals surface area contributed by atoms with Gasteiger partial charge in [-0.3, -0.25) is 9.78 Å². The molecular weight excluding hydrogens is 314 g/mol. The molecule has 1 aliphatic carbocycles. The van der Waals surface area contributed by atoms with Gasteiger partial charge < -0.3 is 14.5 Å². The average molecular weight is 343 g/mol. The van der Waals surface area contributed by atoms with Crippen molar-refractivity contribution in [2.45, 2.75) is 50.7 Å². The van der Waals surface area contributed by atoms with Crippen molar-refractivity contribution in [2.24, 2.45) is 5.92 Å². The molecule has 0 bridgehead atoms. The highest BCUT2D eigenvalue weighted by Crippen LogP contribution is 2.33. The summed E-state index contributed by atoms with van der Waals surface area (Å²) >= 11 is 0. The van der Waals surface area contributed by atoms with E-state index < -0.39 is 0 Å². The Morgan fingerprint density at radius 3 is 2.72 bits per heavy atom. The Hall–Kier alpha value is -1.46. The van der Waals surface area contributed by atoms with Crippen LogP contribution in [0.2, 0.25) is 0 Å². The highest BCUT2D eigenvalue weighted by atomic mass is 16.5. The van der Waals surface area contributed by atoms with Crippen molar-refractivity contribution in [1.82, 2.24) is 14.8 Å². The van der Waals surface area contributed by atoms with E-state index in [4.69, 9.17) is 4.74 Å². The van der Waals surface area contributed by atoms with Gasteiger partial charge in [-0.1, -0.05) is 18.9 Å². The van der Waals surface area contributed by atoms with Crippen LogP contribution in [0.4, 0.5) is 0 Å². The highest BCUT2D eigenvalue weighted by Gasteiger charge is 2.42. The zero-order chi connectivity index (χ0) is 17.1. The van der Waals surface area contributed by atoms with Crippen molar-refractivity contribution in [3.05, 3.63) is 30.1 Å². The smallest absolute Gasteiger partial charge is 0.249 e. The minimum atomic E-state index is -0.144. The molecule has 2 aliphatic heterocycles. The molecule has 3 heterocycles. The van der Waals surface area contributed by atoms with Crippen LogP contribution in [0.1, 0.15) is 44.2 Å². The number of amides is 1. The summed E-state index contributed by atoms with van der Waals surface area (Å²) in [5.74, 6) is 0.994. The van der Waals surface area contributed by atoms with Crippen molar-refractivity contribution in [1.29, 1.82) is 0 Å². The third kappa shape index (κ3) is 4.04. The van der Waals surface area contributed by atoms with E-state index in [-0.39, 0.29) is 18.1 Å². The first-order valence-corrected chi connectivity index (χ1v) is 9.76. The quantitative estimate of drug-likeness (QED) is 0.842. The third-order valence-electron chi connectivity index (χ3n) is 6.17. The van der Waals surface area contributed by atoms with Crippen LogP contribution in [0.5, 0.6) is 0 Å². The molecule has 1 saturated carbocycles.